The van der Waals surface area contributed by atoms with E-state index in [1.807, 2.05) is 26.0 Å². The van der Waals surface area contributed by atoms with Gasteiger partial charge in [-0.2, -0.15) is 13.2 Å². The molecule has 1 atom stereocenters. The van der Waals surface area contributed by atoms with Crippen LogP contribution in [0.15, 0.2) is 18.2 Å². The van der Waals surface area contributed by atoms with E-state index in [-0.39, 0.29) is 0 Å². The number of hydrogen-bond acceptors (Lipinski definition) is 0. The van der Waals surface area contributed by atoms with E-state index in [2.05, 4.69) is 15.9 Å². The van der Waals surface area contributed by atoms with Crippen molar-refractivity contribution < 1.29 is 13.2 Å². The van der Waals surface area contributed by atoms with Crippen LogP contribution < -0.4 is 0 Å². The van der Waals surface area contributed by atoms with Crippen molar-refractivity contribution in [3.8, 4) is 0 Å². The average Bonchev–Trinajstić information content (AvgIpc) is 2.06. The standard InChI is InChI=1S/C11H12BrF3/c1-7-3-4-8(2)9(5-7)10(12)6-11(13,14)15/h3-5,10H,6H2,1-2H3. The fraction of sp³-hybridized carbons (Fsp3) is 0.455. The van der Waals surface area contributed by atoms with Crippen molar-refractivity contribution in [3.63, 3.8) is 0 Å². The van der Waals surface area contributed by atoms with Gasteiger partial charge in [-0.05, 0) is 25.0 Å². The maximum absolute atomic E-state index is 12.2. The van der Waals surface area contributed by atoms with Crippen LogP contribution in [0.5, 0.6) is 0 Å². The summed E-state index contributed by atoms with van der Waals surface area (Å²) in [6.45, 7) is 3.69. The highest BCUT2D eigenvalue weighted by Crippen LogP contribution is 2.36. The average molecular weight is 281 g/mol. The minimum absolute atomic E-state index is 0.655. The zero-order valence-electron chi connectivity index (χ0n) is 8.53. The van der Waals surface area contributed by atoms with Crippen molar-refractivity contribution in [2.45, 2.75) is 31.3 Å². The molecular formula is C11H12BrF3. The zero-order chi connectivity index (χ0) is 11.6. The normalized spacial score (nSPS) is 14.0. The molecule has 0 saturated carbocycles. The molecule has 0 aromatic heterocycles. The number of halogens is 4. The second-order valence-electron chi connectivity index (χ2n) is 3.65. The van der Waals surface area contributed by atoms with Gasteiger partial charge in [0.1, 0.15) is 0 Å². The van der Waals surface area contributed by atoms with Gasteiger partial charge in [-0.3, -0.25) is 0 Å². The van der Waals surface area contributed by atoms with Gasteiger partial charge in [-0.1, -0.05) is 39.7 Å². The first kappa shape index (κ1) is 12.6. The van der Waals surface area contributed by atoms with Crippen molar-refractivity contribution in [1.82, 2.24) is 0 Å². The summed E-state index contributed by atoms with van der Waals surface area (Å²) in [6.07, 6.45) is -4.97. The van der Waals surface area contributed by atoms with Gasteiger partial charge in [0.15, 0.2) is 0 Å². The quantitative estimate of drug-likeness (QED) is 0.690. The van der Waals surface area contributed by atoms with Crippen LogP contribution in [0.3, 0.4) is 0 Å². The highest BCUT2D eigenvalue weighted by atomic mass is 79.9. The van der Waals surface area contributed by atoms with Crippen molar-refractivity contribution in [3.05, 3.63) is 34.9 Å². The predicted octanol–water partition coefficient (Wildman–Crippen LogP) is 4.69. The number of rotatable bonds is 2. The predicted molar refractivity (Wildman–Crippen MR) is 58.3 cm³/mol. The summed E-state index contributed by atoms with van der Waals surface area (Å²) in [5.74, 6) is 0. The molecule has 0 aliphatic heterocycles. The molecular weight excluding hydrogens is 269 g/mol. The lowest BCUT2D eigenvalue weighted by Crippen LogP contribution is -2.11. The van der Waals surface area contributed by atoms with Crippen LogP contribution in [0, 0.1) is 13.8 Å². The summed E-state index contributed by atoms with van der Waals surface area (Å²) in [5, 5.41) is 0. The van der Waals surface area contributed by atoms with Crippen LogP contribution >= 0.6 is 15.9 Å². The van der Waals surface area contributed by atoms with Gasteiger partial charge in [0, 0.05) is 4.83 Å². The molecule has 1 aromatic rings. The molecule has 0 heterocycles. The van der Waals surface area contributed by atoms with Gasteiger partial charge >= 0.3 is 6.18 Å². The van der Waals surface area contributed by atoms with Gasteiger partial charge < -0.3 is 0 Å². The van der Waals surface area contributed by atoms with Gasteiger partial charge in [-0.15, -0.1) is 0 Å². The maximum atomic E-state index is 12.2. The van der Waals surface area contributed by atoms with Gasteiger partial charge in [-0.25, -0.2) is 0 Å². The Morgan fingerprint density at radius 2 is 1.87 bits per heavy atom. The first-order valence-corrected chi connectivity index (χ1v) is 5.49. The summed E-state index contributed by atoms with van der Waals surface area (Å²) in [5.41, 5.74) is 2.57. The number of benzene rings is 1. The second-order valence-corrected chi connectivity index (χ2v) is 4.75. The van der Waals surface area contributed by atoms with Gasteiger partial charge in [0.2, 0.25) is 0 Å². The fourth-order valence-corrected chi connectivity index (χ4v) is 2.27. The van der Waals surface area contributed by atoms with Crippen LogP contribution in [0.2, 0.25) is 0 Å². The fourth-order valence-electron chi connectivity index (χ4n) is 1.41. The maximum Gasteiger partial charge on any atom is 0.390 e. The third-order valence-corrected chi connectivity index (χ3v) is 3.00. The van der Waals surface area contributed by atoms with E-state index in [0.29, 0.717) is 5.56 Å². The smallest absolute Gasteiger partial charge is 0.171 e. The Morgan fingerprint density at radius 1 is 1.27 bits per heavy atom. The van der Waals surface area contributed by atoms with Crippen LogP contribution in [0.25, 0.3) is 0 Å². The molecule has 0 aliphatic carbocycles. The molecule has 0 aliphatic rings. The second kappa shape index (κ2) is 4.56. The minimum Gasteiger partial charge on any atom is -0.171 e. The molecule has 1 rings (SSSR count). The molecule has 0 fully saturated rings. The Hall–Kier alpha value is -0.510. The lowest BCUT2D eigenvalue weighted by Gasteiger charge is -2.15. The van der Waals surface area contributed by atoms with Crippen LogP contribution in [-0.4, -0.2) is 6.18 Å². The SMILES string of the molecule is Cc1ccc(C)c(C(Br)CC(F)(F)F)c1. The van der Waals surface area contributed by atoms with Crippen molar-refractivity contribution in [2.24, 2.45) is 0 Å². The van der Waals surface area contributed by atoms with Crippen LogP contribution in [0.4, 0.5) is 13.2 Å². The van der Waals surface area contributed by atoms with Gasteiger partial charge in [0.05, 0.1) is 6.42 Å². The summed E-state index contributed by atoms with van der Waals surface area (Å²) in [7, 11) is 0. The lowest BCUT2D eigenvalue weighted by molar-refractivity contribution is -0.134. The molecule has 0 radical (unpaired) electrons. The summed E-state index contributed by atoms with van der Waals surface area (Å²) in [6, 6.07) is 5.53. The topological polar surface area (TPSA) is 0 Å². The van der Waals surface area contributed by atoms with Crippen LogP contribution in [-0.2, 0) is 0 Å². The molecule has 1 aromatic carbocycles. The highest BCUT2D eigenvalue weighted by Gasteiger charge is 2.31. The Bertz CT molecular complexity index is 344. The number of alkyl halides is 4. The summed E-state index contributed by atoms with van der Waals surface area (Å²) in [4.78, 5) is -0.655. The van der Waals surface area contributed by atoms with Gasteiger partial charge in [0.25, 0.3) is 0 Å². The molecule has 4 heteroatoms. The third kappa shape index (κ3) is 3.86. The molecule has 0 N–H and O–H groups in total. The Labute approximate surface area is 95.6 Å². The van der Waals surface area contributed by atoms with E-state index >= 15 is 0 Å². The van der Waals surface area contributed by atoms with E-state index in [1.165, 1.54) is 0 Å². The van der Waals surface area contributed by atoms with Crippen molar-refractivity contribution in [2.75, 3.05) is 0 Å². The Kier molecular flexibility index (Phi) is 3.82. The summed E-state index contributed by atoms with van der Waals surface area (Å²) >= 11 is 3.09. The molecule has 15 heavy (non-hydrogen) atoms. The van der Waals surface area contributed by atoms with E-state index < -0.39 is 17.4 Å². The minimum atomic E-state index is -4.13. The molecule has 84 valence electrons. The Morgan fingerprint density at radius 3 is 2.40 bits per heavy atom. The first-order chi connectivity index (χ1) is 6.79. The third-order valence-electron chi connectivity index (χ3n) is 2.18. The van der Waals surface area contributed by atoms with E-state index in [0.717, 1.165) is 11.1 Å². The molecule has 0 nitrogen and oxygen atoms in total. The number of hydrogen-bond donors (Lipinski definition) is 0. The lowest BCUT2D eigenvalue weighted by atomic mass is 10.0. The van der Waals surface area contributed by atoms with E-state index in [4.69, 9.17) is 0 Å². The molecule has 0 bridgehead atoms. The van der Waals surface area contributed by atoms with Crippen molar-refractivity contribution >= 4 is 15.9 Å². The largest absolute Gasteiger partial charge is 0.390 e. The highest BCUT2D eigenvalue weighted by molar-refractivity contribution is 9.09. The van der Waals surface area contributed by atoms with E-state index in [9.17, 15) is 13.2 Å². The van der Waals surface area contributed by atoms with E-state index in [1.54, 1.807) is 6.07 Å². The number of aryl methyl sites for hydroxylation is 2. The molecule has 1 unspecified atom stereocenters. The van der Waals surface area contributed by atoms with Crippen molar-refractivity contribution in [1.29, 1.82) is 0 Å². The monoisotopic (exact) mass is 280 g/mol. The zero-order valence-corrected chi connectivity index (χ0v) is 10.1. The summed E-state index contributed by atoms with van der Waals surface area (Å²) < 4.78 is 36.6. The molecule has 0 amide bonds. The molecule has 0 spiro atoms. The Balaban J connectivity index is 2.90. The molecule has 0 saturated heterocycles. The first-order valence-electron chi connectivity index (χ1n) is 4.57. The van der Waals surface area contributed by atoms with Crippen LogP contribution in [0.1, 0.15) is 27.9 Å².